The highest BCUT2D eigenvalue weighted by Crippen LogP contribution is 2.35. The fourth-order valence-electron chi connectivity index (χ4n) is 2.30. The fourth-order valence-corrected chi connectivity index (χ4v) is 3.52. The summed E-state index contributed by atoms with van der Waals surface area (Å²) in [7, 11) is -3.89. The number of hydrogen-bond acceptors (Lipinski definition) is 7. The summed E-state index contributed by atoms with van der Waals surface area (Å²) in [6.45, 7) is 0.491. The van der Waals surface area contributed by atoms with Gasteiger partial charge in [0.1, 0.15) is 6.33 Å². The van der Waals surface area contributed by atoms with Gasteiger partial charge in [-0.1, -0.05) is 12.8 Å². The van der Waals surface area contributed by atoms with Crippen LogP contribution in [-0.2, 0) is 9.30 Å². The number of halogens is 1. The second kappa shape index (κ2) is 9.02. The van der Waals surface area contributed by atoms with Crippen LogP contribution in [-0.4, -0.2) is 53.8 Å². The van der Waals surface area contributed by atoms with Crippen molar-refractivity contribution in [2.24, 2.45) is 0 Å². The first-order valence-electron chi connectivity index (χ1n) is 7.74. The maximum absolute atomic E-state index is 10.7. The summed E-state index contributed by atoms with van der Waals surface area (Å²) in [6, 6.07) is 0. The van der Waals surface area contributed by atoms with Crippen LogP contribution in [0.4, 0.5) is 5.82 Å². The maximum Gasteiger partial charge on any atom is 0.325 e. The van der Waals surface area contributed by atoms with Gasteiger partial charge in [0.25, 0.3) is 0 Å². The van der Waals surface area contributed by atoms with E-state index in [9.17, 15) is 9.67 Å². The first-order valence-corrected chi connectivity index (χ1v) is 10.3. The fraction of sp³-hybridized carbons (Fsp3) is 0.615. The molecule has 0 aliphatic heterocycles. The Labute approximate surface area is 152 Å². The third-order valence-corrected chi connectivity index (χ3v) is 4.97. The van der Waals surface area contributed by atoms with Crippen molar-refractivity contribution < 1.29 is 24.2 Å². The molecule has 2 heterocycles. The van der Waals surface area contributed by atoms with Gasteiger partial charge in [0.15, 0.2) is 27.9 Å². The van der Waals surface area contributed by atoms with Crippen LogP contribution in [0.3, 0.4) is 0 Å². The van der Waals surface area contributed by atoms with Crippen LogP contribution in [0, 0.1) is 0 Å². The zero-order valence-corrected chi connectivity index (χ0v) is 15.9. The molecular weight excluding hydrogens is 417 g/mol. The number of fused-ring (bicyclic) bond motifs is 1. The molecule has 0 aliphatic rings. The predicted molar refractivity (Wildman–Crippen MR) is 94.9 cm³/mol. The number of imidazole rings is 1. The lowest BCUT2D eigenvalue weighted by Crippen LogP contribution is -2.16. The molecule has 0 radical (unpaired) electrons. The molecule has 5 N–H and O–H groups in total. The lowest BCUT2D eigenvalue weighted by atomic mass is 10.2. The highest BCUT2D eigenvalue weighted by Gasteiger charge is 2.18. The molecule has 1 unspecified atom stereocenters. The summed E-state index contributed by atoms with van der Waals surface area (Å²) in [4.78, 5) is 29.6. The first-order chi connectivity index (χ1) is 11.8. The summed E-state index contributed by atoms with van der Waals surface area (Å²) in [5.74, 6) is 0.230. The number of unbranched alkanes of at least 4 members (excludes halogenated alkanes) is 3. The van der Waals surface area contributed by atoms with Gasteiger partial charge in [-0.05, 0) is 28.8 Å². The predicted octanol–water partition coefficient (Wildman–Crippen LogP) is 1.42. The van der Waals surface area contributed by atoms with E-state index in [0.29, 0.717) is 28.9 Å². The van der Waals surface area contributed by atoms with Gasteiger partial charge in [-0.15, -0.1) is 0 Å². The van der Waals surface area contributed by atoms with Crippen LogP contribution in [0.2, 0.25) is 0 Å². The van der Waals surface area contributed by atoms with Crippen LogP contribution in [0.15, 0.2) is 11.1 Å². The SMILES string of the molecule is Nc1ncnc2c1nc(Br)n2C(O)COCCCCCCP(=O)(O)O. The standard InChI is InChI=1S/C13H21BrN5O5P/c14-13-18-10-11(15)16-8-17-12(10)19(13)9(20)7-24-5-3-1-2-4-6-25(21,22)23/h8-9,20H,1-7H2,(H2,15,16,17)(H2,21,22,23). The summed E-state index contributed by atoms with van der Waals surface area (Å²) < 4.78 is 18.0. The molecule has 0 aromatic carbocycles. The number of hydrogen-bond donors (Lipinski definition) is 4. The van der Waals surface area contributed by atoms with E-state index in [1.54, 1.807) is 0 Å². The number of aliphatic hydroxyl groups is 1. The quantitative estimate of drug-likeness (QED) is 0.245. The Morgan fingerprint density at radius 1 is 1.28 bits per heavy atom. The molecule has 25 heavy (non-hydrogen) atoms. The summed E-state index contributed by atoms with van der Waals surface area (Å²) in [6.07, 6.45) is 3.00. The third kappa shape index (κ3) is 5.98. The van der Waals surface area contributed by atoms with Crippen LogP contribution < -0.4 is 5.73 Å². The van der Waals surface area contributed by atoms with Gasteiger partial charge in [-0.3, -0.25) is 9.13 Å². The second-order valence-electron chi connectivity index (χ2n) is 5.54. The molecule has 0 saturated carbocycles. The summed E-state index contributed by atoms with van der Waals surface area (Å²) in [5.41, 5.74) is 6.55. The molecular formula is C13H21BrN5O5P. The van der Waals surface area contributed by atoms with Crippen molar-refractivity contribution in [1.82, 2.24) is 19.5 Å². The largest absolute Gasteiger partial charge is 0.382 e. The van der Waals surface area contributed by atoms with Crippen molar-refractivity contribution in [3.63, 3.8) is 0 Å². The van der Waals surface area contributed by atoms with E-state index in [1.807, 2.05) is 0 Å². The number of nitrogen functional groups attached to an aromatic ring is 1. The van der Waals surface area contributed by atoms with Gasteiger partial charge < -0.3 is 25.4 Å². The highest BCUT2D eigenvalue weighted by molar-refractivity contribution is 9.10. The van der Waals surface area contributed by atoms with Crippen LogP contribution in [0.25, 0.3) is 11.2 Å². The minimum atomic E-state index is -3.89. The molecule has 0 amide bonds. The number of nitrogens with two attached hydrogens (primary N) is 1. The molecule has 0 aliphatic carbocycles. The van der Waals surface area contributed by atoms with Gasteiger partial charge in [0.2, 0.25) is 0 Å². The number of nitrogens with zero attached hydrogens (tertiary/aromatic N) is 4. The van der Waals surface area contributed by atoms with E-state index in [4.69, 9.17) is 20.3 Å². The first kappa shape index (κ1) is 20.2. The van der Waals surface area contributed by atoms with E-state index < -0.39 is 13.8 Å². The van der Waals surface area contributed by atoms with Crippen LogP contribution >= 0.6 is 23.5 Å². The average molecular weight is 438 g/mol. The molecule has 0 bridgehead atoms. The normalized spacial score (nSPS) is 13.4. The maximum atomic E-state index is 10.7. The lowest BCUT2D eigenvalue weighted by molar-refractivity contribution is -0.00409. The molecule has 0 fully saturated rings. The second-order valence-corrected chi connectivity index (χ2v) is 8.03. The van der Waals surface area contributed by atoms with Crippen molar-refractivity contribution in [2.75, 3.05) is 25.1 Å². The molecule has 10 nitrogen and oxygen atoms in total. The summed E-state index contributed by atoms with van der Waals surface area (Å²) in [5, 5.41) is 10.3. The Bertz CT molecular complexity index is 752. The average Bonchev–Trinajstić information content (AvgIpc) is 2.86. The van der Waals surface area contributed by atoms with Crippen LogP contribution in [0.1, 0.15) is 31.9 Å². The molecule has 1 atom stereocenters. The van der Waals surface area contributed by atoms with Crippen LogP contribution in [0.5, 0.6) is 0 Å². The third-order valence-electron chi connectivity index (χ3n) is 3.52. The Kier molecular flexibility index (Phi) is 7.29. The Balaban J connectivity index is 1.74. The molecule has 2 rings (SSSR count). The van der Waals surface area contributed by atoms with E-state index in [1.165, 1.54) is 10.9 Å². The summed E-state index contributed by atoms with van der Waals surface area (Å²) >= 11 is 3.26. The molecule has 2 aromatic rings. The van der Waals surface area contributed by atoms with Crippen molar-refractivity contribution in [1.29, 1.82) is 0 Å². The minimum Gasteiger partial charge on any atom is -0.382 e. The van der Waals surface area contributed by atoms with Gasteiger partial charge in [0.05, 0.1) is 6.61 Å². The topological polar surface area (TPSA) is 157 Å². The Morgan fingerprint density at radius 2 is 2.00 bits per heavy atom. The van der Waals surface area contributed by atoms with Gasteiger partial charge >= 0.3 is 7.60 Å². The molecule has 2 aromatic heterocycles. The van der Waals surface area contributed by atoms with E-state index in [2.05, 4.69) is 30.9 Å². The molecule has 140 valence electrons. The molecule has 12 heteroatoms. The monoisotopic (exact) mass is 437 g/mol. The minimum absolute atomic E-state index is 0.0520. The van der Waals surface area contributed by atoms with Crippen molar-refractivity contribution >= 4 is 40.5 Å². The lowest BCUT2D eigenvalue weighted by Gasteiger charge is -2.14. The zero-order valence-electron chi connectivity index (χ0n) is 13.5. The highest BCUT2D eigenvalue weighted by atomic mass is 79.9. The molecule has 0 spiro atoms. The Morgan fingerprint density at radius 3 is 2.72 bits per heavy atom. The van der Waals surface area contributed by atoms with Gasteiger partial charge in [-0.2, -0.15) is 0 Å². The smallest absolute Gasteiger partial charge is 0.325 e. The number of aliphatic hydroxyl groups excluding tert-OH is 1. The molecule has 0 saturated heterocycles. The van der Waals surface area contributed by atoms with Gasteiger partial charge in [0, 0.05) is 12.8 Å². The van der Waals surface area contributed by atoms with E-state index in [0.717, 1.165) is 19.3 Å². The van der Waals surface area contributed by atoms with Crippen molar-refractivity contribution in [2.45, 2.75) is 31.9 Å². The van der Waals surface area contributed by atoms with E-state index in [-0.39, 0.29) is 18.6 Å². The number of rotatable bonds is 10. The zero-order chi connectivity index (χ0) is 18.4. The Hall–Kier alpha value is -1.10. The number of anilines is 1. The van der Waals surface area contributed by atoms with Gasteiger partial charge in [-0.25, -0.2) is 15.0 Å². The van der Waals surface area contributed by atoms with E-state index >= 15 is 0 Å². The van der Waals surface area contributed by atoms with Crippen molar-refractivity contribution in [3.05, 3.63) is 11.1 Å². The number of aromatic nitrogens is 4. The van der Waals surface area contributed by atoms with Crippen molar-refractivity contribution in [3.8, 4) is 0 Å². The number of ether oxygens (including phenoxy) is 1.